The van der Waals surface area contributed by atoms with E-state index in [0.29, 0.717) is 17.6 Å². The van der Waals surface area contributed by atoms with E-state index in [-0.39, 0.29) is 36.1 Å². The van der Waals surface area contributed by atoms with E-state index in [1.165, 1.54) is 6.33 Å². The van der Waals surface area contributed by atoms with E-state index in [9.17, 15) is 15.3 Å². The Balaban J connectivity index is 2.03. The molecule has 0 saturated heterocycles. The summed E-state index contributed by atoms with van der Waals surface area (Å²) in [6, 6.07) is -0.360. The van der Waals surface area contributed by atoms with Gasteiger partial charge in [0.2, 0.25) is 5.28 Å². The first-order valence-corrected chi connectivity index (χ1v) is 7.01. The predicted molar refractivity (Wildman–Crippen MR) is 75.6 cm³/mol. The maximum Gasteiger partial charge on any atom is 0.226 e. The fourth-order valence-electron chi connectivity index (χ4n) is 2.87. The van der Waals surface area contributed by atoms with Crippen molar-refractivity contribution in [2.75, 3.05) is 12.3 Å². The average molecular weight is 314 g/mol. The molecule has 0 bridgehead atoms. The number of fused-ring (bicyclic) bond motifs is 1. The van der Waals surface area contributed by atoms with Crippen LogP contribution in [0.5, 0.6) is 0 Å². The Morgan fingerprint density at radius 3 is 2.76 bits per heavy atom. The van der Waals surface area contributed by atoms with Crippen LogP contribution in [0.2, 0.25) is 5.28 Å². The van der Waals surface area contributed by atoms with Crippen molar-refractivity contribution in [3.63, 3.8) is 0 Å². The van der Waals surface area contributed by atoms with Gasteiger partial charge >= 0.3 is 0 Å². The van der Waals surface area contributed by atoms with Gasteiger partial charge in [-0.25, -0.2) is 4.98 Å². The molecule has 4 unspecified atom stereocenters. The van der Waals surface area contributed by atoms with Crippen molar-refractivity contribution in [1.82, 2.24) is 19.5 Å². The third-order valence-corrected chi connectivity index (χ3v) is 4.20. The Hall–Kier alpha value is -1.48. The number of aliphatic hydroxyl groups excluding tert-OH is 3. The number of hydrogen-bond donors (Lipinski definition) is 4. The molecule has 8 nitrogen and oxygen atoms in total. The summed E-state index contributed by atoms with van der Waals surface area (Å²) in [5.74, 6) is -0.127. The molecule has 1 aliphatic carbocycles. The average Bonchev–Trinajstić information content (AvgIpc) is 2.83. The molecule has 1 aliphatic rings. The van der Waals surface area contributed by atoms with Crippen LogP contribution >= 0.6 is 11.6 Å². The van der Waals surface area contributed by atoms with E-state index in [0.717, 1.165) is 0 Å². The standard InChI is InChI=1S/C12H16ClN5O3/c13-12-16-10(14)9-11(17-12)18(4-15-9)6-1-5(3-19)7(20)2-8(6)21/h4-8,19-21H,1-3H2,(H2,14,16,17). The lowest BCUT2D eigenvalue weighted by Crippen LogP contribution is -2.41. The molecule has 9 heteroatoms. The third kappa shape index (κ3) is 2.44. The highest BCUT2D eigenvalue weighted by atomic mass is 35.5. The number of anilines is 1. The molecule has 1 saturated carbocycles. The predicted octanol–water partition coefficient (Wildman–Crippen LogP) is -0.273. The lowest BCUT2D eigenvalue weighted by atomic mass is 9.82. The van der Waals surface area contributed by atoms with E-state index in [1.807, 2.05) is 0 Å². The topological polar surface area (TPSA) is 130 Å². The van der Waals surface area contributed by atoms with Crippen LogP contribution in [0.25, 0.3) is 11.2 Å². The molecular formula is C12H16ClN5O3. The van der Waals surface area contributed by atoms with Crippen molar-refractivity contribution in [2.45, 2.75) is 31.1 Å². The number of hydrogen-bond acceptors (Lipinski definition) is 7. The van der Waals surface area contributed by atoms with Gasteiger partial charge in [0.1, 0.15) is 5.52 Å². The van der Waals surface area contributed by atoms with Crippen LogP contribution in [0, 0.1) is 5.92 Å². The zero-order chi connectivity index (χ0) is 15.1. The van der Waals surface area contributed by atoms with Crippen molar-refractivity contribution in [2.24, 2.45) is 5.92 Å². The first-order valence-electron chi connectivity index (χ1n) is 6.63. The van der Waals surface area contributed by atoms with Gasteiger partial charge in [-0.3, -0.25) is 0 Å². The Morgan fingerprint density at radius 2 is 2.05 bits per heavy atom. The minimum absolute atomic E-state index is 0.00536. The van der Waals surface area contributed by atoms with Gasteiger partial charge in [-0.2, -0.15) is 9.97 Å². The van der Waals surface area contributed by atoms with Crippen LogP contribution in [0.15, 0.2) is 6.33 Å². The lowest BCUT2D eigenvalue weighted by Gasteiger charge is -2.36. The second-order valence-electron chi connectivity index (χ2n) is 5.32. The molecule has 21 heavy (non-hydrogen) atoms. The first-order chi connectivity index (χ1) is 10.0. The molecule has 114 valence electrons. The Labute approximate surface area is 125 Å². The van der Waals surface area contributed by atoms with Crippen LogP contribution in [0.1, 0.15) is 18.9 Å². The van der Waals surface area contributed by atoms with Crippen LogP contribution in [-0.2, 0) is 0 Å². The SMILES string of the molecule is Nc1nc(Cl)nc2c1ncn2C1CC(CO)C(O)CC1O. The molecule has 0 spiro atoms. The molecule has 5 N–H and O–H groups in total. The summed E-state index contributed by atoms with van der Waals surface area (Å²) < 4.78 is 1.68. The van der Waals surface area contributed by atoms with Gasteiger partial charge < -0.3 is 25.6 Å². The molecule has 1 fully saturated rings. The molecule has 0 radical (unpaired) electrons. The zero-order valence-corrected chi connectivity index (χ0v) is 11.8. The summed E-state index contributed by atoms with van der Waals surface area (Å²) in [4.78, 5) is 12.1. The molecule has 2 aromatic heterocycles. The highest BCUT2D eigenvalue weighted by Crippen LogP contribution is 2.35. The van der Waals surface area contributed by atoms with Gasteiger partial charge in [-0.05, 0) is 18.0 Å². The van der Waals surface area contributed by atoms with Crippen molar-refractivity contribution in [3.8, 4) is 0 Å². The number of nitrogens with zero attached hydrogens (tertiary/aromatic N) is 4. The number of halogens is 1. The van der Waals surface area contributed by atoms with Crippen molar-refractivity contribution >= 4 is 28.6 Å². The van der Waals surface area contributed by atoms with Crippen LogP contribution in [-0.4, -0.2) is 53.7 Å². The van der Waals surface area contributed by atoms with Gasteiger partial charge in [0, 0.05) is 18.9 Å². The van der Waals surface area contributed by atoms with Gasteiger partial charge in [0.05, 0.1) is 24.6 Å². The number of imidazole rings is 1. The largest absolute Gasteiger partial charge is 0.396 e. The number of aliphatic hydroxyl groups is 3. The summed E-state index contributed by atoms with van der Waals surface area (Å²) >= 11 is 5.82. The van der Waals surface area contributed by atoms with Crippen molar-refractivity contribution in [3.05, 3.63) is 11.6 Å². The monoisotopic (exact) mass is 313 g/mol. The fourth-order valence-corrected chi connectivity index (χ4v) is 3.04. The van der Waals surface area contributed by atoms with Gasteiger partial charge in [-0.15, -0.1) is 0 Å². The number of rotatable bonds is 2. The lowest BCUT2D eigenvalue weighted by molar-refractivity contribution is -0.0442. The van der Waals surface area contributed by atoms with Crippen LogP contribution < -0.4 is 5.73 Å². The molecule has 2 heterocycles. The Kier molecular flexibility index (Phi) is 3.70. The highest BCUT2D eigenvalue weighted by Gasteiger charge is 2.36. The summed E-state index contributed by atoms with van der Waals surface area (Å²) in [6.07, 6.45) is 0.622. The quantitative estimate of drug-likeness (QED) is 0.561. The fraction of sp³-hybridized carbons (Fsp3) is 0.583. The molecule has 0 aliphatic heterocycles. The number of aromatic nitrogens is 4. The zero-order valence-electron chi connectivity index (χ0n) is 11.1. The highest BCUT2D eigenvalue weighted by molar-refractivity contribution is 6.28. The summed E-state index contributed by atoms with van der Waals surface area (Å²) in [7, 11) is 0. The minimum atomic E-state index is -0.768. The molecule has 4 atom stereocenters. The number of nitrogens with two attached hydrogens (primary N) is 1. The molecule has 0 aromatic carbocycles. The van der Waals surface area contributed by atoms with E-state index in [1.54, 1.807) is 4.57 Å². The second-order valence-corrected chi connectivity index (χ2v) is 5.66. The van der Waals surface area contributed by atoms with Crippen molar-refractivity contribution < 1.29 is 15.3 Å². The summed E-state index contributed by atoms with van der Waals surface area (Å²) in [6.45, 7) is -0.144. The minimum Gasteiger partial charge on any atom is -0.396 e. The van der Waals surface area contributed by atoms with Crippen molar-refractivity contribution in [1.29, 1.82) is 0 Å². The molecule has 2 aromatic rings. The van der Waals surface area contributed by atoms with Crippen LogP contribution in [0.3, 0.4) is 0 Å². The Bertz CT molecular complexity index is 664. The first kappa shape index (κ1) is 14.5. The summed E-state index contributed by atoms with van der Waals surface area (Å²) in [5, 5.41) is 29.4. The maximum atomic E-state index is 10.2. The summed E-state index contributed by atoms with van der Waals surface area (Å²) in [5.41, 5.74) is 6.61. The number of nitrogen functional groups attached to an aromatic ring is 1. The maximum absolute atomic E-state index is 10.2. The second kappa shape index (κ2) is 5.38. The smallest absolute Gasteiger partial charge is 0.226 e. The van der Waals surface area contributed by atoms with Gasteiger partial charge in [0.25, 0.3) is 0 Å². The van der Waals surface area contributed by atoms with E-state index >= 15 is 0 Å². The third-order valence-electron chi connectivity index (χ3n) is 4.03. The van der Waals surface area contributed by atoms with Gasteiger partial charge in [0.15, 0.2) is 11.5 Å². The van der Waals surface area contributed by atoms with Crippen LogP contribution in [0.4, 0.5) is 5.82 Å². The molecule has 3 rings (SSSR count). The van der Waals surface area contributed by atoms with E-state index < -0.39 is 12.2 Å². The Morgan fingerprint density at radius 1 is 1.29 bits per heavy atom. The van der Waals surface area contributed by atoms with E-state index in [4.69, 9.17) is 17.3 Å². The normalized spacial score (nSPS) is 29.9. The van der Waals surface area contributed by atoms with E-state index in [2.05, 4.69) is 15.0 Å². The van der Waals surface area contributed by atoms with Gasteiger partial charge in [-0.1, -0.05) is 0 Å². The molecule has 0 amide bonds. The molecular weight excluding hydrogens is 298 g/mol.